The van der Waals surface area contributed by atoms with Crippen LogP contribution in [0.2, 0.25) is 0 Å². The number of hydrogen-bond acceptors (Lipinski definition) is 7. The number of carbonyl (C=O) groups excluding carboxylic acids is 1. The highest BCUT2D eigenvalue weighted by molar-refractivity contribution is 5.92. The lowest BCUT2D eigenvalue weighted by atomic mass is 9.84. The molecule has 0 amide bonds. The van der Waals surface area contributed by atoms with Crippen LogP contribution < -0.4 is 10.5 Å². The molecule has 7 heteroatoms. The molecule has 0 bridgehead atoms. The molecular weight excluding hydrogens is 392 g/mol. The van der Waals surface area contributed by atoms with E-state index in [2.05, 4.69) is 9.97 Å². The number of nitrogens with two attached hydrogens (primary N) is 1. The van der Waals surface area contributed by atoms with Gasteiger partial charge in [0.15, 0.2) is 0 Å². The minimum Gasteiger partial charge on any atom is -0.481 e. The fourth-order valence-electron chi connectivity index (χ4n) is 3.97. The van der Waals surface area contributed by atoms with Crippen molar-refractivity contribution in [3.63, 3.8) is 0 Å². The van der Waals surface area contributed by atoms with E-state index in [1.165, 1.54) is 0 Å². The van der Waals surface area contributed by atoms with E-state index in [0.717, 1.165) is 39.8 Å². The molecule has 0 spiro atoms. The summed E-state index contributed by atoms with van der Waals surface area (Å²) in [5, 5.41) is 1.83. The van der Waals surface area contributed by atoms with E-state index < -0.39 is 5.60 Å². The SMILES string of the molecule is CC[C@@H](N)c1cnc(OC)c2cnc(Cc3ccc4c(n3)[C@@H](C)C(C)(C)OC4=O)cc12. The van der Waals surface area contributed by atoms with Gasteiger partial charge in [-0.05, 0) is 49.4 Å². The maximum atomic E-state index is 12.3. The van der Waals surface area contributed by atoms with Gasteiger partial charge in [0.1, 0.15) is 5.60 Å². The fraction of sp³-hybridized carbons (Fsp3) is 0.417. The molecule has 3 aromatic heterocycles. The number of methoxy groups -OCH3 is 1. The molecule has 0 aliphatic carbocycles. The molecule has 2 N–H and O–H groups in total. The molecule has 162 valence electrons. The Kier molecular flexibility index (Phi) is 5.39. The van der Waals surface area contributed by atoms with Crippen molar-refractivity contribution in [1.82, 2.24) is 15.0 Å². The first kappa shape index (κ1) is 21.2. The van der Waals surface area contributed by atoms with Crippen molar-refractivity contribution in [3.05, 3.63) is 58.8 Å². The molecule has 2 atom stereocenters. The number of aromatic nitrogens is 3. The summed E-state index contributed by atoms with van der Waals surface area (Å²) in [6.45, 7) is 7.91. The van der Waals surface area contributed by atoms with Gasteiger partial charge in [0.05, 0.1) is 23.8 Å². The van der Waals surface area contributed by atoms with E-state index in [-0.39, 0.29) is 17.9 Å². The standard InChI is InChI=1S/C24H28N4O3/c1-6-20(25)18-11-27-22(30-5)19-12-26-15(10-17(18)19)9-14-7-8-16-21(28-14)13(2)24(3,4)31-23(16)29/h7-8,10-13,20H,6,9,25H2,1-5H3/t13-,20-/m1/s1. The number of pyridine rings is 3. The largest absolute Gasteiger partial charge is 0.481 e. The molecule has 0 saturated carbocycles. The lowest BCUT2D eigenvalue weighted by Gasteiger charge is -2.36. The molecule has 0 saturated heterocycles. The highest BCUT2D eigenvalue weighted by atomic mass is 16.6. The second-order valence-corrected chi connectivity index (χ2v) is 8.59. The van der Waals surface area contributed by atoms with Gasteiger partial charge >= 0.3 is 5.97 Å². The first-order valence-electron chi connectivity index (χ1n) is 10.6. The number of cyclic esters (lactones) is 1. The number of fused-ring (bicyclic) bond motifs is 2. The molecule has 7 nitrogen and oxygen atoms in total. The number of esters is 1. The number of ether oxygens (including phenoxy) is 2. The Balaban J connectivity index is 1.74. The van der Waals surface area contributed by atoms with Gasteiger partial charge in [-0.15, -0.1) is 0 Å². The number of rotatable bonds is 5. The second kappa shape index (κ2) is 7.89. The zero-order valence-electron chi connectivity index (χ0n) is 18.6. The summed E-state index contributed by atoms with van der Waals surface area (Å²) in [7, 11) is 1.60. The van der Waals surface area contributed by atoms with E-state index in [1.54, 1.807) is 25.6 Å². The molecule has 4 heterocycles. The van der Waals surface area contributed by atoms with Crippen LogP contribution in [0.3, 0.4) is 0 Å². The molecule has 0 fully saturated rings. The Labute approximate surface area is 182 Å². The number of carbonyl (C=O) groups is 1. The average molecular weight is 421 g/mol. The number of nitrogens with zero attached hydrogens (tertiary/aromatic N) is 3. The van der Waals surface area contributed by atoms with Crippen LogP contribution in [0.15, 0.2) is 30.6 Å². The van der Waals surface area contributed by atoms with E-state index in [9.17, 15) is 4.79 Å². The van der Waals surface area contributed by atoms with Crippen LogP contribution in [0.5, 0.6) is 5.88 Å². The van der Waals surface area contributed by atoms with Crippen LogP contribution in [0.25, 0.3) is 10.8 Å². The summed E-state index contributed by atoms with van der Waals surface area (Å²) in [5.41, 5.74) is 9.74. The molecule has 31 heavy (non-hydrogen) atoms. The van der Waals surface area contributed by atoms with E-state index in [1.807, 2.05) is 39.8 Å². The highest BCUT2D eigenvalue weighted by Gasteiger charge is 2.40. The van der Waals surface area contributed by atoms with Crippen molar-refractivity contribution in [3.8, 4) is 5.88 Å². The molecule has 0 unspecified atom stereocenters. The monoisotopic (exact) mass is 420 g/mol. The Hall–Kier alpha value is -3.06. The lowest BCUT2D eigenvalue weighted by Crippen LogP contribution is -2.39. The normalized spacial score (nSPS) is 18.4. The maximum Gasteiger partial charge on any atom is 0.340 e. The minimum absolute atomic E-state index is 0.00537. The zero-order chi connectivity index (χ0) is 22.3. The second-order valence-electron chi connectivity index (χ2n) is 8.59. The third-order valence-corrected chi connectivity index (χ3v) is 6.23. The predicted octanol–water partition coefficient (Wildman–Crippen LogP) is 4.09. The van der Waals surface area contributed by atoms with Crippen molar-refractivity contribution in [2.45, 2.75) is 58.1 Å². The van der Waals surface area contributed by atoms with Crippen LogP contribution in [0.1, 0.15) is 79.1 Å². The Bertz CT molecular complexity index is 1160. The van der Waals surface area contributed by atoms with Gasteiger partial charge in [-0.3, -0.25) is 9.97 Å². The quantitative estimate of drug-likeness (QED) is 0.621. The minimum atomic E-state index is -0.592. The van der Waals surface area contributed by atoms with Crippen LogP contribution >= 0.6 is 0 Å². The van der Waals surface area contributed by atoms with Crippen molar-refractivity contribution in [1.29, 1.82) is 0 Å². The van der Waals surface area contributed by atoms with Crippen molar-refractivity contribution in [2.24, 2.45) is 5.73 Å². The summed E-state index contributed by atoms with van der Waals surface area (Å²) in [6.07, 6.45) is 4.91. The third kappa shape index (κ3) is 3.74. The van der Waals surface area contributed by atoms with Gasteiger partial charge in [0, 0.05) is 42.2 Å². The van der Waals surface area contributed by atoms with Crippen molar-refractivity contribution in [2.75, 3.05) is 7.11 Å². The van der Waals surface area contributed by atoms with Crippen LogP contribution in [0.4, 0.5) is 0 Å². The molecule has 1 aliphatic heterocycles. The molecular formula is C24H28N4O3. The van der Waals surface area contributed by atoms with Crippen molar-refractivity contribution >= 4 is 16.7 Å². The fourth-order valence-corrected chi connectivity index (χ4v) is 3.97. The van der Waals surface area contributed by atoms with Gasteiger partial charge in [0.2, 0.25) is 5.88 Å². The van der Waals surface area contributed by atoms with Crippen LogP contribution in [-0.2, 0) is 11.2 Å². The number of hydrogen-bond donors (Lipinski definition) is 1. The average Bonchev–Trinajstić information content (AvgIpc) is 2.75. The Morgan fingerprint density at radius 2 is 1.97 bits per heavy atom. The molecule has 0 aromatic carbocycles. The first-order valence-corrected chi connectivity index (χ1v) is 10.6. The summed E-state index contributed by atoms with van der Waals surface area (Å²) in [4.78, 5) is 26.2. The van der Waals surface area contributed by atoms with Crippen LogP contribution in [-0.4, -0.2) is 33.6 Å². The Morgan fingerprint density at radius 3 is 2.68 bits per heavy atom. The van der Waals surface area contributed by atoms with Gasteiger partial charge < -0.3 is 15.2 Å². The lowest BCUT2D eigenvalue weighted by molar-refractivity contribution is -0.0190. The summed E-state index contributed by atoms with van der Waals surface area (Å²) >= 11 is 0. The van der Waals surface area contributed by atoms with E-state index >= 15 is 0 Å². The summed E-state index contributed by atoms with van der Waals surface area (Å²) in [6, 6.07) is 5.58. The smallest absolute Gasteiger partial charge is 0.340 e. The molecule has 4 rings (SSSR count). The van der Waals surface area contributed by atoms with Crippen molar-refractivity contribution < 1.29 is 14.3 Å². The first-order chi connectivity index (χ1) is 14.7. The highest BCUT2D eigenvalue weighted by Crippen LogP contribution is 2.37. The molecule has 3 aromatic rings. The van der Waals surface area contributed by atoms with Gasteiger partial charge in [-0.25, -0.2) is 9.78 Å². The summed E-state index contributed by atoms with van der Waals surface area (Å²) in [5.74, 6) is 0.204. The maximum absolute atomic E-state index is 12.3. The van der Waals surface area contributed by atoms with Crippen LogP contribution in [0, 0.1) is 0 Å². The topological polar surface area (TPSA) is 100 Å². The summed E-state index contributed by atoms with van der Waals surface area (Å²) < 4.78 is 11.0. The van der Waals surface area contributed by atoms with E-state index in [0.29, 0.717) is 17.9 Å². The van der Waals surface area contributed by atoms with Gasteiger partial charge in [-0.1, -0.05) is 13.8 Å². The Morgan fingerprint density at radius 1 is 1.19 bits per heavy atom. The zero-order valence-corrected chi connectivity index (χ0v) is 18.6. The van der Waals surface area contributed by atoms with E-state index in [4.69, 9.17) is 20.2 Å². The molecule has 0 radical (unpaired) electrons. The third-order valence-electron chi connectivity index (χ3n) is 6.23. The molecule has 1 aliphatic rings. The predicted molar refractivity (Wildman–Crippen MR) is 118 cm³/mol. The van der Waals surface area contributed by atoms with Gasteiger partial charge in [-0.2, -0.15) is 0 Å². The van der Waals surface area contributed by atoms with Gasteiger partial charge in [0.25, 0.3) is 0 Å².